The first-order valence-electron chi connectivity index (χ1n) is 6.21. The van der Waals surface area contributed by atoms with Gasteiger partial charge in [0.05, 0.1) is 18.7 Å². The first-order chi connectivity index (χ1) is 9.90. The van der Waals surface area contributed by atoms with Gasteiger partial charge in [0, 0.05) is 12.3 Å². The molecule has 1 heterocycles. The van der Waals surface area contributed by atoms with Gasteiger partial charge in [-0.1, -0.05) is 12.1 Å². The van der Waals surface area contributed by atoms with Crippen LogP contribution in [-0.4, -0.2) is 17.1 Å². The Labute approximate surface area is 120 Å². The third kappa shape index (κ3) is 3.84. The number of alkyl halides is 3. The van der Waals surface area contributed by atoms with E-state index >= 15 is 0 Å². The van der Waals surface area contributed by atoms with Gasteiger partial charge < -0.3 is 10.1 Å². The highest BCUT2D eigenvalue weighted by molar-refractivity contribution is 5.35. The van der Waals surface area contributed by atoms with E-state index in [2.05, 4.69) is 15.3 Å². The number of anilines is 1. The molecule has 0 aliphatic heterocycles. The summed E-state index contributed by atoms with van der Waals surface area (Å²) in [6, 6.07) is 6.35. The molecule has 0 saturated carbocycles. The van der Waals surface area contributed by atoms with Gasteiger partial charge in [-0.3, -0.25) is 0 Å². The van der Waals surface area contributed by atoms with Crippen LogP contribution in [0.3, 0.4) is 0 Å². The van der Waals surface area contributed by atoms with Crippen molar-refractivity contribution in [1.82, 2.24) is 9.97 Å². The van der Waals surface area contributed by atoms with Crippen molar-refractivity contribution in [3.8, 4) is 5.88 Å². The van der Waals surface area contributed by atoms with Gasteiger partial charge in [-0.15, -0.1) is 0 Å². The first-order valence-corrected chi connectivity index (χ1v) is 6.21. The molecule has 0 radical (unpaired) electrons. The Bertz CT molecular complexity index is 616. The van der Waals surface area contributed by atoms with Crippen LogP contribution in [0.4, 0.5) is 19.1 Å². The Morgan fingerprint density at radius 2 is 2.00 bits per heavy atom. The molecule has 4 nitrogen and oxygen atoms in total. The van der Waals surface area contributed by atoms with Crippen LogP contribution >= 0.6 is 0 Å². The monoisotopic (exact) mass is 297 g/mol. The maximum atomic E-state index is 12.7. The lowest BCUT2D eigenvalue weighted by molar-refractivity contribution is -0.137. The van der Waals surface area contributed by atoms with Crippen LogP contribution in [0.2, 0.25) is 0 Å². The van der Waals surface area contributed by atoms with Crippen LogP contribution in [0.5, 0.6) is 5.88 Å². The van der Waals surface area contributed by atoms with Gasteiger partial charge in [-0.25, -0.2) is 4.98 Å². The van der Waals surface area contributed by atoms with Crippen LogP contribution in [-0.2, 0) is 6.18 Å². The lowest BCUT2D eigenvalue weighted by Gasteiger charge is -2.16. The number of nitrogens with one attached hydrogen (secondary N) is 1. The summed E-state index contributed by atoms with van der Waals surface area (Å²) in [6.07, 6.45) is -2.85. The van der Waals surface area contributed by atoms with Gasteiger partial charge in [0.15, 0.2) is 0 Å². The first kappa shape index (κ1) is 15.1. The largest absolute Gasteiger partial charge is 0.481 e. The van der Waals surface area contributed by atoms with Crippen molar-refractivity contribution in [2.45, 2.75) is 19.1 Å². The minimum atomic E-state index is -4.36. The topological polar surface area (TPSA) is 47.0 Å². The second kappa shape index (κ2) is 5.99. The Hall–Kier alpha value is -2.31. The van der Waals surface area contributed by atoms with E-state index in [1.807, 2.05) is 0 Å². The molecule has 1 aromatic carbocycles. The van der Waals surface area contributed by atoms with Crippen molar-refractivity contribution in [1.29, 1.82) is 0 Å². The van der Waals surface area contributed by atoms with Crippen LogP contribution < -0.4 is 10.1 Å². The molecule has 0 amide bonds. The average molecular weight is 297 g/mol. The molecule has 2 aromatic rings. The predicted molar refractivity (Wildman–Crippen MR) is 72.1 cm³/mol. The number of hydrogen-bond donors (Lipinski definition) is 1. The molecule has 0 spiro atoms. The zero-order chi connectivity index (χ0) is 15.5. The molecular formula is C14H14F3N3O. The fourth-order valence-corrected chi connectivity index (χ4v) is 1.79. The Kier molecular flexibility index (Phi) is 4.30. The molecule has 2 rings (SSSR count). The van der Waals surface area contributed by atoms with Crippen LogP contribution in [0.15, 0.2) is 36.5 Å². The summed E-state index contributed by atoms with van der Waals surface area (Å²) in [5, 5.41) is 2.94. The number of methoxy groups -OCH3 is 1. The minimum absolute atomic E-state index is 0.291. The Morgan fingerprint density at radius 3 is 2.67 bits per heavy atom. The summed E-state index contributed by atoms with van der Waals surface area (Å²) in [7, 11) is 1.47. The van der Waals surface area contributed by atoms with Crippen molar-refractivity contribution in [3.05, 3.63) is 47.7 Å². The highest BCUT2D eigenvalue weighted by Crippen LogP contribution is 2.31. The van der Waals surface area contributed by atoms with E-state index in [4.69, 9.17) is 4.74 Å². The zero-order valence-electron chi connectivity index (χ0n) is 11.5. The molecule has 0 fully saturated rings. The van der Waals surface area contributed by atoms with Crippen molar-refractivity contribution in [2.24, 2.45) is 0 Å². The van der Waals surface area contributed by atoms with Crippen LogP contribution in [0.25, 0.3) is 0 Å². The van der Waals surface area contributed by atoms with E-state index in [-0.39, 0.29) is 6.04 Å². The van der Waals surface area contributed by atoms with Gasteiger partial charge in [0.2, 0.25) is 11.8 Å². The van der Waals surface area contributed by atoms with Gasteiger partial charge in [-0.2, -0.15) is 18.2 Å². The number of nitrogens with zero attached hydrogens (tertiary/aromatic N) is 2. The molecule has 0 aliphatic carbocycles. The Morgan fingerprint density at radius 1 is 1.24 bits per heavy atom. The van der Waals surface area contributed by atoms with E-state index in [1.54, 1.807) is 19.1 Å². The molecule has 112 valence electrons. The SMILES string of the molecule is COc1ccnc(NC(C)c2cccc(C(F)(F)F)c2)n1. The third-order valence-electron chi connectivity index (χ3n) is 2.90. The summed E-state index contributed by atoms with van der Waals surface area (Å²) >= 11 is 0. The summed E-state index contributed by atoms with van der Waals surface area (Å²) in [4.78, 5) is 8.06. The summed E-state index contributed by atoms with van der Waals surface area (Å²) in [6.45, 7) is 1.73. The minimum Gasteiger partial charge on any atom is -0.481 e. The van der Waals surface area contributed by atoms with Gasteiger partial charge in [0.1, 0.15) is 0 Å². The fourth-order valence-electron chi connectivity index (χ4n) is 1.79. The van der Waals surface area contributed by atoms with Crippen molar-refractivity contribution in [3.63, 3.8) is 0 Å². The standard InChI is InChI=1S/C14H14F3N3O/c1-9(19-13-18-7-6-12(20-13)21-2)10-4-3-5-11(8-10)14(15,16)17/h3-9H,1-2H3,(H,18,19,20). The quantitative estimate of drug-likeness (QED) is 0.935. The lowest BCUT2D eigenvalue weighted by Crippen LogP contribution is -2.11. The highest BCUT2D eigenvalue weighted by Gasteiger charge is 2.30. The number of aromatic nitrogens is 2. The Balaban J connectivity index is 2.18. The molecule has 1 unspecified atom stereocenters. The zero-order valence-corrected chi connectivity index (χ0v) is 11.5. The van der Waals surface area contributed by atoms with Crippen molar-refractivity contribution >= 4 is 5.95 Å². The number of hydrogen-bond acceptors (Lipinski definition) is 4. The van der Waals surface area contributed by atoms with Gasteiger partial charge >= 0.3 is 6.18 Å². The second-order valence-corrected chi connectivity index (χ2v) is 4.41. The summed E-state index contributed by atoms with van der Waals surface area (Å²) in [5.41, 5.74) is -0.184. The maximum absolute atomic E-state index is 12.7. The lowest BCUT2D eigenvalue weighted by atomic mass is 10.1. The molecule has 7 heteroatoms. The predicted octanol–water partition coefficient (Wildman–Crippen LogP) is 3.68. The fraction of sp³-hybridized carbons (Fsp3) is 0.286. The van der Waals surface area contributed by atoms with E-state index in [1.165, 1.54) is 19.4 Å². The average Bonchev–Trinajstić information content (AvgIpc) is 2.46. The van der Waals surface area contributed by atoms with E-state index < -0.39 is 11.7 Å². The molecule has 0 saturated heterocycles. The number of rotatable bonds is 4. The van der Waals surface area contributed by atoms with E-state index in [0.717, 1.165) is 12.1 Å². The molecule has 1 atom stereocenters. The number of benzene rings is 1. The van der Waals surface area contributed by atoms with Gasteiger partial charge in [-0.05, 0) is 24.6 Å². The summed E-state index contributed by atoms with van der Waals surface area (Å²) in [5.74, 6) is 0.669. The molecule has 21 heavy (non-hydrogen) atoms. The highest BCUT2D eigenvalue weighted by atomic mass is 19.4. The van der Waals surface area contributed by atoms with Gasteiger partial charge in [0.25, 0.3) is 0 Å². The summed E-state index contributed by atoms with van der Waals surface area (Å²) < 4.78 is 43.1. The van der Waals surface area contributed by atoms with Crippen molar-refractivity contribution < 1.29 is 17.9 Å². The molecule has 1 N–H and O–H groups in total. The normalized spacial score (nSPS) is 12.8. The number of halogens is 3. The van der Waals surface area contributed by atoms with Crippen LogP contribution in [0.1, 0.15) is 24.1 Å². The molecular weight excluding hydrogens is 283 g/mol. The van der Waals surface area contributed by atoms with E-state index in [0.29, 0.717) is 17.4 Å². The number of ether oxygens (including phenoxy) is 1. The van der Waals surface area contributed by atoms with E-state index in [9.17, 15) is 13.2 Å². The third-order valence-corrected chi connectivity index (χ3v) is 2.90. The smallest absolute Gasteiger partial charge is 0.416 e. The van der Waals surface area contributed by atoms with Crippen molar-refractivity contribution in [2.75, 3.05) is 12.4 Å². The maximum Gasteiger partial charge on any atom is 0.416 e. The molecule has 1 aromatic heterocycles. The molecule has 0 aliphatic rings. The van der Waals surface area contributed by atoms with Crippen LogP contribution in [0, 0.1) is 0 Å². The molecule has 0 bridgehead atoms. The second-order valence-electron chi connectivity index (χ2n) is 4.41.